The number of hydrogen-bond acceptors (Lipinski definition) is 6. The molecule has 102 valence electrons. The SMILES string of the molecule is CCNCc1cc2ccccc2nc1Sc1ncns1. The number of nitrogens with zero attached hydrogens (tertiary/aromatic N) is 3. The maximum atomic E-state index is 4.76. The van der Waals surface area contributed by atoms with Gasteiger partial charge in [-0.05, 0) is 47.5 Å². The van der Waals surface area contributed by atoms with Gasteiger partial charge in [-0.25, -0.2) is 9.97 Å². The molecular formula is C14H14N4S2. The lowest BCUT2D eigenvalue weighted by Crippen LogP contribution is -2.13. The molecule has 0 fully saturated rings. The Bertz CT molecular complexity index is 697. The summed E-state index contributed by atoms with van der Waals surface area (Å²) in [6.45, 7) is 3.86. The highest BCUT2D eigenvalue weighted by Crippen LogP contribution is 2.31. The second-order valence-corrected chi connectivity index (χ2v) is 6.25. The van der Waals surface area contributed by atoms with Crippen molar-refractivity contribution in [2.45, 2.75) is 22.8 Å². The van der Waals surface area contributed by atoms with Gasteiger partial charge in [0.1, 0.15) is 11.4 Å². The summed E-state index contributed by atoms with van der Waals surface area (Å²) in [7, 11) is 0. The molecule has 20 heavy (non-hydrogen) atoms. The summed E-state index contributed by atoms with van der Waals surface area (Å²) < 4.78 is 4.96. The summed E-state index contributed by atoms with van der Waals surface area (Å²) in [5.74, 6) is 0. The first kappa shape index (κ1) is 13.5. The zero-order valence-corrected chi connectivity index (χ0v) is 12.7. The minimum atomic E-state index is 0.815. The van der Waals surface area contributed by atoms with Crippen LogP contribution in [-0.2, 0) is 6.54 Å². The van der Waals surface area contributed by atoms with Crippen LogP contribution in [0.1, 0.15) is 12.5 Å². The predicted molar refractivity (Wildman–Crippen MR) is 83.2 cm³/mol. The number of nitrogens with one attached hydrogen (secondary N) is 1. The van der Waals surface area contributed by atoms with Crippen molar-refractivity contribution in [1.29, 1.82) is 0 Å². The first-order valence-electron chi connectivity index (χ1n) is 6.40. The summed E-state index contributed by atoms with van der Waals surface area (Å²) in [6, 6.07) is 10.4. The fourth-order valence-electron chi connectivity index (χ4n) is 1.91. The molecule has 3 aromatic rings. The molecule has 0 aliphatic rings. The molecule has 2 heterocycles. The van der Waals surface area contributed by atoms with E-state index >= 15 is 0 Å². The minimum Gasteiger partial charge on any atom is -0.313 e. The molecule has 0 saturated carbocycles. The molecule has 1 aromatic carbocycles. The maximum Gasteiger partial charge on any atom is 0.176 e. The van der Waals surface area contributed by atoms with Crippen LogP contribution in [0.2, 0.25) is 0 Å². The average Bonchev–Trinajstić information content (AvgIpc) is 2.98. The molecule has 0 spiro atoms. The third-order valence-corrected chi connectivity index (χ3v) is 4.62. The molecule has 6 heteroatoms. The van der Waals surface area contributed by atoms with E-state index < -0.39 is 0 Å². The van der Waals surface area contributed by atoms with E-state index in [0.717, 1.165) is 28.0 Å². The van der Waals surface area contributed by atoms with Gasteiger partial charge in [-0.2, -0.15) is 4.37 Å². The monoisotopic (exact) mass is 302 g/mol. The van der Waals surface area contributed by atoms with Crippen molar-refractivity contribution in [3.63, 3.8) is 0 Å². The van der Waals surface area contributed by atoms with Gasteiger partial charge < -0.3 is 5.32 Å². The molecular weight excluding hydrogens is 288 g/mol. The van der Waals surface area contributed by atoms with E-state index in [4.69, 9.17) is 4.98 Å². The summed E-state index contributed by atoms with van der Waals surface area (Å²) >= 11 is 2.98. The molecule has 0 bridgehead atoms. The molecule has 0 aliphatic carbocycles. The fourth-order valence-corrected chi connectivity index (χ4v) is 3.37. The summed E-state index contributed by atoms with van der Waals surface area (Å²) in [6.07, 6.45) is 1.58. The van der Waals surface area contributed by atoms with Crippen molar-refractivity contribution < 1.29 is 0 Å². The first-order chi connectivity index (χ1) is 9.86. The Morgan fingerprint density at radius 1 is 1.30 bits per heavy atom. The Morgan fingerprint density at radius 2 is 2.20 bits per heavy atom. The van der Waals surface area contributed by atoms with E-state index in [2.05, 4.69) is 33.7 Å². The molecule has 2 aromatic heterocycles. The predicted octanol–water partition coefficient (Wildman–Crippen LogP) is 3.35. The van der Waals surface area contributed by atoms with Gasteiger partial charge >= 0.3 is 0 Å². The molecule has 0 amide bonds. The lowest BCUT2D eigenvalue weighted by atomic mass is 10.1. The first-order valence-corrected chi connectivity index (χ1v) is 7.99. The van der Waals surface area contributed by atoms with Crippen LogP contribution in [0.25, 0.3) is 10.9 Å². The van der Waals surface area contributed by atoms with Gasteiger partial charge in [-0.1, -0.05) is 25.1 Å². The molecule has 0 aliphatic heterocycles. The van der Waals surface area contributed by atoms with Crippen molar-refractivity contribution in [3.05, 3.63) is 42.2 Å². The molecule has 0 radical (unpaired) electrons. The fraction of sp³-hybridized carbons (Fsp3) is 0.214. The number of fused-ring (bicyclic) bond motifs is 1. The maximum absolute atomic E-state index is 4.76. The average molecular weight is 302 g/mol. The lowest BCUT2D eigenvalue weighted by molar-refractivity contribution is 0.713. The molecule has 3 rings (SSSR count). The molecule has 1 N–H and O–H groups in total. The summed E-state index contributed by atoms with van der Waals surface area (Å²) in [4.78, 5) is 8.99. The quantitative estimate of drug-likeness (QED) is 0.783. The Balaban J connectivity index is 2.01. The second-order valence-electron chi connectivity index (χ2n) is 4.23. The Morgan fingerprint density at radius 3 is 3.00 bits per heavy atom. The van der Waals surface area contributed by atoms with Crippen molar-refractivity contribution in [2.24, 2.45) is 0 Å². The van der Waals surface area contributed by atoms with Crippen LogP contribution in [-0.4, -0.2) is 20.9 Å². The number of para-hydroxylation sites is 1. The normalized spacial score (nSPS) is 11.1. The van der Waals surface area contributed by atoms with Gasteiger partial charge in [0.2, 0.25) is 0 Å². The third-order valence-electron chi connectivity index (χ3n) is 2.85. The van der Waals surface area contributed by atoms with Crippen LogP contribution >= 0.6 is 23.3 Å². The van der Waals surface area contributed by atoms with Crippen molar-refractivity contribution >= 4 is 34.2 Å². The topological polar surface area (TPSA) is 50.7 Å². The van der Waals surface area contributed by atoms with Gasteiger partial charge in [-0.3, -0.25) is 0 Å². The summed E-state index contributed by atoms with van der Waals surface area (Å²) in [5, 5.41) is 5.53. The Hall–Kier alpha value is -1.50. The van der Waals surface area contributed by atoms with Gasteiger partial charge in [0, 0.05) is 11.9 Å². The van der Waals surface area contributed by atoms with Gasteiger partial charge in [0.05, 0.1) is 5.52 Å². The standard InChI is InChI=1S/C14H14N4S2/c1-2-15-8-11-7-10-5-3-4-6-12(10)18-13(11)19-14-16-9-17-20-14/h3-7,9,15H,2,8H2,1H3. The van der Waals surface area contributed by atoms with Crippen LogP contribution in [0.4, 0.5) is 0 Å². The largest absolute Gasteiger partial charge is 0.313 e. The molecule has 0 saturated heterocycles. The van der Waals surface area contributed by atoms with Crippen LogP contribution in [0.5, 0.6) is 0 Å². The Labute approximate surface area is 125 Å². The van der Waals surface area contributed by atoms with E-state index in [1.165, 1.54) is 22.5 Å². The number of pyridine rings is 1. The van der Waals surface area contributed by atoms with Crippen LogP contribution in [0.3, 0.4) is 0 Å². The highest BCUT2D eigenvalue weighted by Gasteiger charge is 2.10. The third kappa shape index (κ3) is 2.98. The number of aromatic nitrogens is 3. The van der Waals surface area contributed by atoms with E-state index in [9.17, 15) is 0 Å². The van der Waals surface area contributed by atoms with Crippen LogP contribution in [0.15, 0.2) is 46.0 Å². The smallest absolute Gasteiger partial charge is 0.176 e. The van der Waals surface area contributed by atoms with Crippen LogP contribution < -0.4 is 5.32 Å². The van der Waals surface area contributed by atoms with E-state index in [0.29, 0.717) is 0 Å². The lowest BCUT2D eigenvalue weighted by Gasteiger charge is -2.09. The molecule has 0 atom stereocenters. The van der Waals surface area contributed by atoms with Crippen LogP contribution in [0, 0.1) is 0 Å². The van der Waals surface area contributed by atoms with Gasteiger partial charge in [0.25, 0.3) is 0 Å². The van der Waals surface area contributed by atoms with E-state index in [1.807, 2.05) is 18.2 Å². The zero-order chi connectivity index (χ0) is 13.8. The number of rotatable bonds is 5. The van der Waals surface area contributed by atoms with E-state index in [1.54, 1.807) is 18.1 Å². The Kier molecular flexibility index (Phi) is 4.25. The van der Waals surface area contributed by atoms with Gasteiger partial charge in [-0.15, -0.1) is 0 Å². The van der Waals surface area contributed by atoms with Crippen molar-refractivity contribution in [1.82, 2.24) is 19.7 Å². The minimum absolute atomic E-state index is 0.815. The number of hydrogen-bond donors (Lipinski definition) is 1. The molecule has 0 unspecified atom stereocenters. The number of benzene rings is 1. The highest BCUT2D eigenvalue weighted by atomic mass is 32.2. The second kappa shape index (κ2) is 6.30. The molecule has 4 nitrogen and oxygen atoms in total. The zero-order valence-electron chi connectivity index (χ0n) is 11.0. The van der Waals surface area contributed by atoms with Crippen molar-refractivity contribution in [3.8, 4) is 0 Å². The summed E-state index contributed by atoms with van der Waals surface area (Å²) in [5.41, 5.74) is 2.21. The van der Waals surface area contributed by atoms with Crippen molar-refractivity contribution in [2.75, 3.05) is 6.54 Å². The van der Waals surface area contributed by atoms with Gasteiger partial charge in [0.15, 0.2) is 4.34 Å². The van der Waals surface area contributed by atoms with E-state index in [-0.39, 0.29) is 0 Å². The highest BCUT2D eigenvalue weighted by molar-refractivity contribution is 8.00.